The number of nitrogens with one attached hydrogen (secondary N) is 1. The molecular formula is C11H14BrN5O. The summed E-state index contributed by atoms with van der Waals surface area (Å²) in [6.45, 7) is 0.589. The topological polar surface area (TPSA) is 62.5 Å². The largest absolute Gasteiger partial charge is 0.359 e. The molecule has 2 aromatic heterocycles. The second-order valence-corrected chi connectivity index (χ2v) is 4.70. The van der Waals surface area contributed by atoms with Gasteiger partial charge in [0.05, 0.1) is 0 Å². The SMILES string of the molecule is CNC(=O)CCN(C)c1nc(Br)cn2ccnc12. The van der Waals surface area contributed by atoms with Crippen molar-refractivity contribution in [3.63, 3.8) is 0 Å². The molecule has 0 radical (unpaired) electrons. The van der Waals surface area contributed by atoms with Gasteiger partial charge in [0, 0.05) is 45.7 Å². The van der Waals surface area contributed by atoms with E-state index in [2.05, 4.69) is 31.2 Å². The van der Waals surface area contributed by atoms with Crippen LogP contribution < -0.4 is 10.2 Å². The Morgan fingerprint density at radius 2 is 2.39 bits per heavy atom. The van der Waals surface area contributed by atoms with Crippen molar-refractivity contribution >= 4 is 33.3 Å². The lowest BCUT2D eigenvalue weighted by Gasteiger charge is -2.18. The summed E-state index contributed by atoms with van der Waals surface area (Å²) in [5, 5.41) is 2.60. The molecule has 0 saturated heterocycles. The lowest BCUT2D eigenvalue weighted by atomic mass is 10.3. The fraction of sp³-hybridized carbons (Fsp3) is 0.364. The highest BCUT2D eigenvalue weighted by molar-refractivity contribution is 9.10. The minimum atomic E-state index is 0.0104. The summed E-state index contributed by atoms with van der Waals surface area (Å²) >= 11 is 3.36. The van der Waals surface area contributed by atoms with Gasteiger partial charge in [0.15, 0.2) is 11.5 Å². The second kappa shape index (κ2) is 5.34. The minimum Gasteiger partial charge on any atom is -0.359 e. The molecule has 1 amide bonds. The van der Waals surface area contributed by atoms with Crippen LogP contribution in [0.3, 0.4) is 0 Å². The predicted molar refractivity (Wildman–Crippen MR) is 72.6 cm³/mol. The quantitative estimate of drug-likeness (QED) is 0.917. The van der Waals surface area contributed by atoms with E-state index >= 15 is 0 Å². The molecular weight excluding hydrogens is 298 g/mol. The normalized spacial score (nSPS) is 10.6. The van der Waals surface area contributed by atoms with Crippen LogP contribution in [0.5, 0.6) is 0 Å². The van der Waals surface area contributed by atoms with E-state index in [1.54, 1.807) is 13.2 Å². The standard InChI is InChI=1S/C11H14BrN5O/c1-13-9(18)3-5-16(2)11-10-14-4-6-17(10)7-8(12)15-11/h4,6-7H,3,5H2,1-2H3,(H,13,18). The van der Waals surface area contributed by atoms with E-state index in [4.69, 9.17) is 0 Å². The molecule has 2 heterocycles. The van der Waals surface area contributed by atoms with Crippen molar-refractivity contribution in [1.29, 1.82) is 0 Å². The van der Waals surface area contributed by atoms with Gasteiger partial charge in [0.1, 0.15) is 4.60 Å². The van der Waals surface area contributed by atoms with Crippen LogP contribution in [-0.4, -0.2) is 40.9 Å². The van der Waals surface area contributed by atoms with Crippen LogP contribution in [0.15, 0.2) is 23.2 Å². The van der Waals surface area contributed by atoms with Gasteiger partial charge in [-0.3, -0.25) is 4.79 Å². The third-order valence-electron chi connectivity index (χ3n) is 2.64. The van der Waals surface area contributed by atoms with E-state index in [9.17, 15) is 4.79 Å². The number of nitrogens with zero attached hydrogens (tertiary/aromatic N) is 4. The zero-order valence-electron chi connectivity index (χ0n) is 10.2. The predicted octanol–water partition coefficient (Wildman–Crippen LogP) is 1.06. The van der Waals surface area contributed by atoms with E-state index in [0.717, 1.165) is 16.1 Å². The maximum absolute atomic E-state index is 11.2. The summed E-state index contributed by atoms with van der Waals surface area (Å²) in [4.78, 5) is 21.8. The van der Waals surface area contributed by atoms with Gasteiger partial charge in [-0.25, -0.2) is 9.97 Å². The molecule has 7 heteroatoms. The highest BCUT2D eigenvalue weighted by atomic mass is 79.9. The number of carbonyl (C=O) groups excluding carboxylic acids is 1. The van der Waals surface area contributed by atoms with Gasteiger partial charge < -0.3 is 14.6 Å². The first-order chi connectivity index (χ1) is 8.61. The Morgan fingerprint density at radius 3 is 3.11 bits per heavy atom. The minimum absolute atomic E-state index is 0.0104. The Bertz CT molecular complexity index is 568. The Kier molecular flexibility index (Phi) is 3.81. The van der Waals surface area contributed by atoms with Gasteiger partial charge in [0.2, 0.25) is 5.91 Å². The van der Waals surface area contributed by atoms with Crippen LogP contribution in [0.4, 0.5) is 5.82 Å². The highest BCUT2D eigenvalue weighted by Crippen LogP contribution is 2.19. The van der Waals surface area contributed by atoms with Gasteiger partial charge in [-0.1, -0.05) is 0 Å². The fourth-order valence-electron chi connectivity index (χ4n) is 1.64. The van der Waals surface area contributed by atoms with E-state index in [-0.39, 0.29) is 5.91 Å². The number of imidazole rings is 1. The molecule has 18 heavy (non-hydrogen) atoms. The highest BCUT2D eigenvalue weighted by Gasteiger charge is 2.12. The van der Waals surface area contributed by atoms with Gasteiger partial charge >= 0.3 is 0 Å². The monoisotopic (exact) mass is 311 g/mol. The molecule has 0 spiro atoms. The second-order valence-electron chi connectivity index (χ2n) is 3.89. The molecule has 0 unspecified atom stereocenters. The molecule has 0 aliphatic rings. The van der Waals surface area contributed by atoms with Crippen molar-refractivity contribution in [2.45, 2.75) is 6.42 Å². The van der Waals surface area contributed by atoms with Crippen molar-refractivity contribution in [2.24, 2.45) is 0 Å². The van der Waals surface area contributed by atoms with Crippen LogP contribution in [-0.2, 0) is 4.79 Å². The van der Waals surface area contributed by atoms with Crippen LogP contribution in [0.1, 0.15) is 6.42 Å². The smallest absolute Gasteiger partial charge is 0.221 e. The Labute approximate surface area is 113 Å². The van der Waals surface area contributed by atoms with Gasteiger partial charge in [-0.05, 0) is 15.9 Å². The molecule has 0 saturated carbocycles. The fourth-order valence-corrected chi connectivity index (χ4v) is 2.03. The van der Waals surface area contributed by atoms with Crippen molar-refractivity contribution in [1.82, 2.24) is 19.7 Å². The number of fused-ring (bicyclic) bond motifs is 1. The third-order valence-corrected chi connectivity index (χ3v) is 3.02. The molecule has 0 aromatic carbocycles. The lowest BCUT2D eigenvalue weighted by Crippen LogP contribution is -2.27. The first-order valence-corrected chi connectivity index (χ1v) is 6.32. The maximum atomic E-state index is 11.2. The van der Waals surface area contributed by atoms with Crippen molar-refractivity contribution in [3.05, 3.63) is 23.2 Å². The molecule has 0 fully saturated rings. The number of hydrogen-bond acceptors (Lipinski definition) is 4. The first-order valence-electron chi connectivity index (χ1n) is 5.52. The summed E-state index contributed by atoms with van der Waals surface area (Å²) in [6, 6.07) is 0. The number of anilines is 1. The van der Waals surface area contributed by atoms with Gasteiger partial charge in [-0.2, -0.15) is 0 Å². The Balaban J connectivity index is 2.23. The average Bonchev–Trinajstić information content (AvgIpc) is 2.82. The number of amides is 1. The van der Waals surface area contributed by atoms with E-state index in [1.807, 2.05) is 28.7 Å². The number of halogens is 1. The van der Waals surface area contributed by atoms with Crippen molar-refractivity contribution in [3.8, 4) is 0 Å². The van der Waals surface area contributed by atoms with E-state index in [0.29, 0.717) is 13.0 Å². The van der Waals surface area contributed by atoms with Crippen LogP contribution >= 0.6 is 15.9 Å². The van der Waals surface area contributed by atoms with Crippen LogP contribution in [0.2, 0.25) is 0 Å². The number of hydrogen-bond donors (Lipinski definition) is 1. The number of carbonyl (C=O) groups is 1. The third kappa shape index (κ3) is 2.61. The molecule has 2 rings (SSSR count). The summed E-state index contributed by atoms with van der Waals surface area (Å²) < 4.78 is 2.62. The molecule has 0 aliphatic heterocycles. The summed E-state index contributed by atoms with van der Waals surface area (Å²) in [5.74, 6) is 0.759. The first kappa shape index (κ1) is 12.8. The van der Waals surface area contributed by atoms with E-state index in [1.165, 1.54) is 0 Å². The maximum Gasteiger partial charge on any atom is 0.221 e. The lowest BCUT2D eigenvalue weighted by molar-refractivity contribution is -0.120. The zero-order valence-corrected chi connectivity index (χ0v) is 11.8. The van der Waals surface area contributed by atoms with Crippen LogP contribution in [0.25, 0.3) is 5.65 Å². The van der Waals surface area contributed by atoms with E-state index < -0.39 is 0 Å². The average molecular weight is 312 g/mol. The molecule has 2 aromatic rings. The Morgan fingerprint density at radius 1 is 1.61 bits per heavy atom. The number of rotatable bonds is 4. The molecule has 0 bridgehead atoms. The Hall–Kier alpha value is -1.63. The number of aromatic nitrogens is 3. The van der Waals surface area contributed by atoms with Gasteiger partial charge in [0.25, 0.3) is 0 Å². The molecule has 0 atom stereocenters. The zero-order chi connectivity index (χ0) is 13.1. The summed E-state index contributed by atoms with van der Waals surface area (Å²) in [5.41, 5.74) is 0.776. The van der Waals surface area contributed by atoms with Crippen molar-refractivity contribution in [2.75, 3.05) is 25.5 Å². The molecule has 6 nitrogen and oxygen atoms in total. The van der Waals surface area contributed by atoms with Gasteiger partial charge in [-0.15, -0.1) is 0 Å². The summed E-state index contributed by atoms with van der Waals surface area (Å²) in [6.07, 6.45) is 5.85. The molecule has 96 valence electrons. The summed E-state index contributed by atoms with van der Waals surface area (Å²) in [7, 11) is 3.53. The van der Waals surface area contributed by atoms with Crippen LogP contribution in [0, 0.1) is 0 Å². The molecule has 1 N–H and O–H groups in total. The van der Waals surface area contributed by atoms with Crippen molar-refractivity contribution < 1.29 is 4.79 Å². The molecule has 0 aliphatic carbocycles.